The molecule has 0 amide bonds. The average Bonchev–Trinajstić information content (AvgIpc) is 2.94. The number of aryl methyl sites for hydroxylation is 1. The summed E-state index contributed by atoms with van der Waals surface area (Å²) in [4.78, 5) is 2.39. The molecule has 1 aliphatic heterocycles. The Morgan fingerprint density at radius 3 is 2.89 bits per heavy atom. The molecule has 2 aliphatic rings. The van der Waals surface area contributed by atoms with Gasteiger partial charge in [0.15, 0.2) is 0 Å². The molecule has 1 aliphatic carbocycles. The van der Waals surface area contributed by atoms with E-state index in [0.29, 0.717) is 12.0 Å². The summed E-state index contributed by atoms with van der Waals surface area (Å²) in [6, 6.07) is 5.80. The fourth-order valence-corrected chi connectivity index (χ4v) is 3.86. The van der Waals surface area contributed by atoms with Crippen molar-refractivity contribution in [3.63, 3.8) is 0 Å². The van der Waals surface area contributed by atoms with Gasteiger partial charge >= 0.3 is 0 Å². The largest absolute Gasteiger partial charge is 0.327 e. The summed E-state index contributed by atoms with van der Waals surface area (Å²) in [7, 11) is 0. The van der Waals surface area contributed by atoms with Crippen LogP contribution in [0, 0.1) is 17.7 Å². The van der Waals surface area contributed by atoms with Crippen LogP contribution in [0.25, 0.3) is 0 Å². The molecule has 1 saturated carbocycles. The predicted octanol–water partition coefficient (Wildman–Crippen LogP) is 2.56. The molecule has 3 heteroatoms. The lowest BCUT2D eigenvalue weighted by atomic mass is 9.98. The van der Waals surface area contributed by atoms with Gasteiger partial charge in [-0.2, -0.15) is 0 Å². The number of nitrogens with zero attached hydrogens (tertiary/aromatic N) is 1. The molecule has 0 radical (unpaired) electrons. The maximum atomic E-state index is 14.0. The maximum Gasteiger partial charge on any atom is 0.127 e. The van der Waals surface area contributed by atoms with Gasteiger partial charge in [-0.3, -0.25) is 4.90 Å². The number of rotatable bonds is 3. The summed E-state index contributed by atoms with van der Waals surface area (Å²) < 4.78 is 14.0. The van der Waals surface area contributed by atoms with Crippen LogP contribution in [0.2, 0.25) is 0 Å². The number of halogens is 1. The molecular formula is C16H23FN2. The van der Waals surface area contributed by atoms with Gasteiger partial charge in [0.25, 0.3) is 0 Å². The number of hydrogen-bond donors (Lipinski definition) is 1. The van der Waals surface area contributed by atoms with Gasteiger partial charge < -0.3 is 5.73 Å². The molecular weight excluding hydrogens is 239 g/mol. The minimum Gasteiger partial charge on any atom is -0.327 e. The highest BCUT2D eigenvalue weighted by Gasteiger charge is 2.40. The summed E-state index contributed by atoms with van der Waals surface area (Å²) >= 11 is 0. The number of benzene rings is 1. The van der Waals surface area contributed by atoms with E-state index in [4.69, 9.17) is 5.73 Å². The third-order valence-corrected chi connectivity index (χ3v) is 4.97. The van der Waals surface area contributed by atoms with Crippen LogP contribution in [0.5, 0.6) is 0 Å². The quantitative estimate of drug-likeness (QED) is 0.907. The molecule has 3 rings (SSSR count). The van der Waals surface area contributed by atoms with Crippen molar-refractivity contribution in [3.8, 4) is 0 Å². The number of hydrogen-bond acceptors (Lipinski definition) is 2. The van der Waals surface area contributed by atoms with Crippen molar-refractivity contribution < 1.29 is 4.39 Å². The molecule has 1 aromatic rings. The van der Waals surface area contributed by atoms with Gasteiger partial charge in [-0.1, -0.05) is 19.1 Å². The van der Waals surface area contributed by atoms with Crippen LogP contribution in [-0.2, 0) is 13.0 Å². The standard InChI is InChI=1S/C16H23FN2/c1-2-11-4-3-5-15(17)13(11)9-19-8-12-6-7-16(18)14(12)10-19/h3-5,12,14,16H,2,6-10,18H2,1H3. The Balaban J connectivity index is 1.73. The van der Waals surface area contributed by atoms with Crippen molar-refractivity contribution in [3.05, 3.63) is 35.1 Å². The molecule has 1 heterocycles. The van der Waals surface area contributed by atoms with E-state index >= 15 is 0 Å². The lowest BCUT2D eigenvalue weighted by Gasteiger charge is -2.20. The Morgan fingerprint density at radius 1 is 1.32 bits per heavy atom. The first-order chi connectivity index (χ1) is 9.19. The van der Waals surface area contributed by atoms with E-state index in [1.54, 1.807) is 6.07 Å². The van der Waals surface area contributed by atoms with Crippen molar-refractivity contribution in [1.82, 2.24) is 4.90 Å². The fraction of sp³-hybridized carbons (Fsp3) is 0.625. The van der Waals surface area contributed by atoms with Crippen LogP contribution in [0.15, 0.2) is 18.2 Å². The van der Waals surface area contributed by atoms with E-state index in [0.717, 1.165) is 43.1 Å². The van der Waals surface area contributed by atoms with Crippen molar-refractivity contribution in [2.45, 2.75) is 38.8 Å². The second kappa shape index (κ2) is 5.22. The molecule has 1 saturated heterocycles. The summed E-state index contributed by atoms with van der Waals surface area (Å²) in [5.41, 5.74) is 8.19. The first-order valence-electron chi connectivity index (χ1n) is 7.43. The Morgan fingerprint density at radius 2 is 2.16 bits per heavy atom. The normalized spacial score (nSPS) is 30.8. The predicted molar refractivity (Wildman–Crippen MR) is 75.2 cm³/mol. The van der Waals surface area contributed by atoms with Crippen LogP contribution in [0.4, 0.5) is 4.39 Å². The number of fused-ring (bicyclic) bond motifs is 1. The topological polar surface area (TPSA) is 29.3 Å². The highest BCUT2D eigenvalue weighted by Crippen LogP contribution is 2.37. The first-order valence-corrected chi connectivity index (χ1v) is 7.43. The van der Waals surface area contributed by atoms with E-state index in [1.807, 2.05) is 12.1 Å². The zero-order valence-corrected chi connectivity index (χ0v) is 11.6. The molecule has 2 N–H and O–H groups in total. The molecule has 0 aromatic heterocycles. The van der Waals surface area contributed by atoms with E-state index in [9.17, 15) is 4.39 Å². The molecule has 0 spiro atoms. The Hall–Kier alpha value is -0.930. The molecule has 2 fully saturated rings. The lowest BCUT2D eigenvalue weighted by Crippen LogP contribution is -2.30. The minimum absolute atomic E-state index is 0.0549. The zero-order valence-electron chi connectivity index (χ0n) is 11.6. The van der Waals surface area contributed by atoms with Gasteiger partial charge in [-0.25, -0.2) is 4.39 Å². The molecule has 0 bridgehead atoms. The van der Waals surface area contributed by atoms with E-state index < -0.39 is 0 Å². The van der Waals surface area contributed by atoms with Crippen LogP contribution in [-0.4, -0.2) is 24.0 Å². The van der Waals surface area contributed by atoms with Gasteiger partial charge in [0.1, 0.15) is 5.82 Å². The van der Waals surface area contributed by atoms with E-state index in [2.05, 4.69) is 11.8 Å². The smallest absolute Gasteiger partial charge is 0.127 e. The molecule has 19 heavy (non-hydrogen) atoms. The van der Waals surface area contributed by atoms with Crippen molar-refractivity contribution in [2.24, 2.45) is 17.6 Å². The average molecular weight is 262 g/mol. The fourth-order valence-electron chi connectivity index (χ4n) is 3.86. The SMILES string of the molecule is CCc1cccc(F)c1CN1CC2CCC(N)C2C1. The molecule has 104 valence electrons. The van der Waals surface area contributed by atoms with Crippen LogP contribution < -0.4 is 5.73 Å². The van der Waals surface area contributed by atoms with Gasteiger partial charge in [0, 0.05) is 31.2 Å². The Bertz CT molecular complexity index is 460. The number of likely N-dealkylation sites (tertiary alicyclic amines) is 1. The molecule has 1 aromatic carbocycles. The Labute approximate surface area is 114 Å². The summed E-state index contributed by atoms with van der Waals surface area (Å²) in [6.45, 7) is 4.97. The molecule has 3 atom stereocenters. The highest BCUT2D eigenvalue weighted by atomic mass is 19.1. The third-order valence-electron chi connectivity index (χ3n) is 4.97. The van der Waals surface area contributed by atoms with Gasteiger partial charge in [0.2, 0.25) is 0 Å². The minimum atomic E-state index is -0.0549. The molecule has 3 unspecified atom stereocenters. The monoisotopic (exact) mass is 262 g/mol. The van der Waals surface area contributed by atoms with Crippen LogP contribution in [0.3, 0.4) is 0 Å². The third kappa shape index (κ3) is 2.41. The van der Waals surface area contributed by atoms with Crippen molar-refractivity contribution >= 4 is 0 Å². The lowest BCUT2D eigenvalue weighted by molar-refractivity contribution is 0.293. The summed E-state index contributed by atoms with van der Waals surface area (Å²) in [5.74, 6) is 1.32. The molecule has 2 nitrogen and oxygen atoms in total. The summed E-state index contributed by atoms with van der Waals surface area (Å²) in [6.07, 6.45) is 3.32. The van der Waals surface area contributed by atoms with Crippen LogP contribution >= 0.6 is 0 Å². The second-order valence-corrected chi connectivity index (χ2v) is 6.09. The van der Waals surface area contributed by atoms with Gasteiger partial charge in [-0.15, -0.1) is 0 Å². The first kappa shape index (κ1) is 13.1. The van der Waals surface area contributed by atoms with Gasteiger partial charge in [-0.05, 0) is 42.7 Å². The number of nitrogens with two attached hydrogens (primary N) is 1. The van der Waals surface area contributed by atoms with Gasteiger partial charge in [0.05, 0.1) is 0 Å². The Kier molecular flexibility index (Phi) is 3.59. The van der Waals surface area contributed by atoms with Crippen LogP contribution in [0.1, 0.15) is 30.9 Å². The highest BCUT2D eigenvalue weighted by molar-refractivity contribution is 5.28. The van der Waals surface area contributed by atoms with Crippen molar-refractivity contribution in [1.29, 1.82) is 0 Å². The van der Waals surface area contributed by atoms with Crippen molar-refractivity contribution in [2.75, 3.05) is 13.1 Å². The van der Waals surface area contributed by atoms with E-state index in [-0.39, 0.29) is 5.82 Å². The van der Waals surface area contributed by atoms with E-state index in [1.165, 1.54) is 12.8 Å². The zero-order chi connectivity index (χ0) is 13.4. The second-order valence-electron chi connectivity index (χ2n) is 6.09. The summed E-state index contributed by atoms with van der Waals surface area (Å²) in [5, 5.41) is 0. The maximum absolute atomic E-state index is 14.0.